The number of aromatic nitrogens is 3. The second kappa shape index (κ2) is 6.11. The zero-order chi connectivity index (χ0) is 14.7. The van der Waals surface area contributed by atoms with E-state index in [0.717, 1.165) is 21.3 Å². The molecule has 0 radical (unpaired) electrons. The largest absolute Gasteiger partial charge is 0.307 e. The van der Waals surface area contributed by atoms with Crippen molar-refractivity contribution < 1.29 is 0 Å². The van der Waals surface area contributed by atoms with Crippen molar-refractivity contribution in [1.82, 2.24) is 20.5 Å². The van der Waals surface area contributed by atoms with Crippen LogP contribution in [0.2, 0.25) is 0 Å². The van der Waals surface area contributed by atoms with Crippen molar-refractivity contribution in [2.45, 2.75) is 13.0 Å². The van der Waals surface area contributed by atoms with Gasteiger partial charge in [0.2, 0.25) is 0 Å². The Balaban J connectivity index is 1.96. The molecule has 3 aromatic rings. The zero-order valence-corrected chi connectivity index (χ0v) is 12.8. The molecule has 1 N–H and O–H groups in total. The van der Waals surface area contributed by atoms with Gasteiger partial charge in [0.05, 0.1) is 6.04 Å². The minimum Gasteiger partial charge on any atom is -0.307 e. The molecular formula is C16H16N4S. The molecule has 0 fully saturated rings. The van der Waals surface area contributed by atoms with Crippen LogP contribution in [0.4, 0.5) is 0 Å². The van der Waals surface area contributed by atoms with Crippen molar-refractivity contribution in [2.75, 3.05) is 7.05 Å². The van der Waals surface area contributed by atoms with Crippen LogP contribution in [0, 0.1) is 6.92 Å². The Hall–Kier alpha value is -2.11. The minimum absolute atomic E-state index is 0.0643. The molecule has 0 aliphatic heterocycles. The molecule has 0 spiro atoms. The second-order valence-corrected chi connectivity index (χ2v) is 5.72. The van der Waals surface area contributed by atoms with E-state index in [1.807, 2.05) is 44.3 Å². The molecule has 106 valence electrons. The van der Waals surface area contributed by atoms with Crippen LogP contribution < -0.4 is 5.32 Å². The first-order chi connectivity index (χ1) is 10.3. The van der Waals surface area contributed by atoms with Crippen LogP contribution >= 0.6 is 11.3 Å². The Bertz CT molecular complexity index is 724. The molecule has 0 saturated heterocycles. The molecule has 3 rings (SSSR count). The maximum absolute atomic E-state index is 4.36. The summed E-state index contributed by atoms with van der Waals surface area (Å²) >= 11 is 1.60. The summed E-state index contributed by atoms with van der Waals surface area (Å²) in [5.74, 6) is 0. The molecule has 21 heavy (non-hydrogen) atoms. The quantitative estimate of drug-likeness (QED) is 0.803. The van der Waals surface area contributed by atoms with Gasteiger partial charge in [0, 0.05) is 17.5 Å². The lowest BCUT2D eigenvalue weighted by molar-refractivity contribution is 0.678. The molecule has 1 atom stereocenters. The van der Waals surface area contributed by atoms with E-state index < -0.39 is 0 Å². The molecule has 2 heterocycles. The zero-order valence-electron chi connectivity index (χ0n) is 11.9. The number of rotatable bonds is 4. The first kappa shape index (κ1) is 13.9. The normalized spacial score (nSPS) is 12.3. The predicted molar refractivity (Wildman–Crippen MR) is 85.2 cm³/mol. The van der Waals surface area contributed by atoms with Crippen molar-refractivity contribution >= 4 is 11.3 Å². The lowest BCUT2D eigenvalue weighted by Crippen LogP contribution is -2.17. The highest BCUT2D eigenvalue weighted by atomic mass is 32.1. The average Bonchev–Trinajstić information content (AvgIpc) is 2.99. The highest BCUT2D eigenvalue weighted by molar-refractivity contribution is 7.14. The highest BCUT2D eigenvalue weighted by Crippen LogP contribution is 2.30. The van der Waals surface area contributed by atoms with Gasteiger partial charge in [-0.15, -0.1) is 10.2 Å². The summed E-state index contributed by atoms with van der Waals surface area (Å²) < 4.78 is 0. The Kier molecular flexibility index (Phi) is 4.03. The molecule has 0 amide bonds. The van der Waals surface area contributed by atoms with E-state index in [4.69, 9.17) is 0 Å². The lowest BCUT2D eigenvalue weighted by atomic mass is 10.1. The van der Waals surface area contributed by atoms with Crippen LogP contribution in [0.3, 0.4) is 0 Å². The van der Waals surface area contributed by atoms with Gasteiger partial charge in [-0.3, -0.25) is 4.98 Å². The molecule has 5 heteroatoms. The van der Waals surface area contributed by atoms with E-state index >= 15 is 0 Å². The van der Waals surface area contributed by atoms with E-state index in [2.05, 4.69) is 32.6 Å². The van der Waals surface area contributed by atoms with Gasteiger partial charge in [-0.2, -0.15) is 0 Å². The van der Waals surface area contributed by atoms with Gasteiger partial charge in [-0.25, -0.2) is 0 Å². The molecule has 0 aliphatic carbocycles. The summed E-state index contributed by atoms with van der Waals surface area (Å²) in [5, 5.41) is 13.9. The molecule has 2 aromatic heterocycles. The molecule has 1 unspecified atom stereocenters. The van der Waals surface area contributed by atoms with E-state index in [1.165, 1.54) is 5.56 Å². The van der Waals surface area contributed by atoms with Crippen LogP contribution in [0.1, 0.15) is 22.3 Å². The number of benzene rings is 1. The maximum Gasteiger partial charge on any atom is 0.149 e. The van der Waals surface area contributed by atoms with E-state index in [9.17, 15) is 0 Å². The van der Waals surface area contributed by atoms with Crippen LogP contribution in [0.15, 0.2) is 48.7 Å². The van der Waals surface area contributed by atoms with Crippen LogP contribution in [0.5, 0.6) is 0 Å². The van der Waals surface area contributed by atoms with E-state index in [1.54, 1.807) is 17.5 Å². The van der Waals surface area contributed by atoms with Gasteiger partial charge >= 0.3 is 0 Å². The van der Waals surface area contributed by atoms with Crippen LogP contribution in [-0.4, -0.2) is 22.2 Å². The summed E-state index contributed by atoms with van der Waals surface area (Å²) in [4.78, 5) is 4.31. The molecular weight excluding hydrogens is 280 g/mol. The molecule has 0 aliphatic rings. The molecule has 4 nitrogen and oxygen atoms in total. The van der Waals surface area contributed by atoms with Gasteiger partial charge in [0.1, 0.15) is 10.0 Å². The summed E-state index contributed by atoms with van der Waals surface area (Å²) in [6.07, 6.45) is 1.79. The number of pyridine rings is 1. The van der Waals surface area contributed by atoms with Gasteiger partial charge in [-0.05, 0) is 31.7 Å². The SMILES string of the molecule is CNC(c1ccccc1)c1nnc(-c2cccnc2C)s1. The summed E-state index contributed by atoms with van der Waals surface area (Å²) in [6, 6.07) is 14.3. The Morgan fingerprint density at radius 2 is 1.86 bits per heavy atom. The number of nitrogens with zero attached hydrogens (tertiary/aromatic N) is 3. The summed E-state index contributed by atoms with van der Waals surface area (Å²) in [7, 11) is 1.94. The van der Waals surface area contributed by atoms with Gasteiger partial charge < -0.3 is 5.32 Å². The van der Waals surface area contributed by atoms with Crippen molar-refractivity contribution in [3.05, 3.63) is 64.9 Å². The molecule has 1 aromatic carbocycles. The lowest BCUT2D eigenvalue weighted by Gasteiger charge is -2.12. The van der Waals surface area contributed by atoms with Crippen LogP contribution in [0.25, 0.3) is 10.6 Å². The number of nitrogens with one attached hydrogen (secondary N) is 1. The van der Waals surface area contributed by atoms with Crippen molar-refractivity contribution in [2.24, 2.45) is 0 Å². The first-order valence-corrected chi connectivity index (χ1v) is 7.59. The molecule has 0 bridgehead atoms. The van der Waals surface area contributed by atoms with Gasteiger partial charge in [0.25, 0.3) is 0 Å². The third kappa shape index (κ3) is 2.84. The van der Waals surface area contributed by atoms with Gasteiger partial charge in [0.15, 0.2) is 0 Å². The topological polar surface area (TPSA) is 50.7 Å². The number of hydrogen-bond donors (Lipinski definition) is 1. The highest BCUT2D eigenvalue weighted by Gasteiger charge is 2.18. The fourth-order valence-corrected chi connectivity index (χ4v) is 3.31. The summed E-state index contributed by atoms with van der Waals surface area (Å²) in [5.41, 5.74) is 3.20. The summed E-state index contributed by atoms with van der Waals surface area (Å²) in [6.45, 7) is 1.99. The first-order valence-electron chi connectivity index (χ1n) is 6.77. The van der Waals surface area contributed by atoms with Crippen LogP contribution in [-0.2, 0) is 0 Å². The van der Waals surface area contributed by atoms with E-state index in [-0.39, 0.29) is 6.04 Å². The van der Waals surface area contributed by atoms with Crippen molar-refractivity contribution in [3.8, 4) is 10.6 Å². The van der Waals surface area contributed by atoms with E-state index in [0.29, 0.717) is 0 Å². The smallest absolute Gasteiger partial charge is 0.149 e. The second-order valence-electron chi connectivity index (χ2n) is 4.71. The third-order valence-corrected chi connectivity index (χ3v) is 4.37. The molecule has 0 saturated carbocycles. The fourth-order valence-electron chi connectivity index (χ4n) is 2.25. The standard InChI is InChI=1S/C16H16N4S/c1-11-13(9-6-10-18-11)15-19-20-16(21-15)14(17-2)12-7-4-3-5-8-12/h3-10,14,17H,1-2H3. The van der Waals surface area contributed by atoms with Crippen molar-refractivity contribution in [3.63, 3.8) is 0 Å². The Morgan fingerprint density at radius 1 is 1.05 bits per heavy atom. The number of aryl methyl sites for hydroxylation is 1. The minimum atomic E-state index is 0.0643. The monoisotopic (exact) mass is 296 g/mol. The Labute approximate surface area is 127 Å². The Morgan fingerprint density at radius 3 is 2.57 bits per heavy atom. The van der Waals surface area contributed by atoms with Crippen molar-refractivity contribution in [1.29, 1.82) is 0 Å². The maximum atomic E-state index is 4.36. The third-order valence-electron chi connectivity index (χ3n) is 3.35. The average molecular weight is 296 g/mol. The predicted octanol–water partition coefficient (Wildman–Crippen LogP) is 3.22. The fraction of sp³-hybridized carbons (Fsp3) is 0.188. The number of hydrogen-bond acceptors (Lipinski definition) is 5. The van der Waals surface area contributed by atoms with Gasteiger partial charge in [-0.1, -0.05) is 41.7 Å².